The van der Waals surface area contributed by atoms with E-state index in [4.69, 9.17) is 4.55 Å². The highest BCUT2D eigenvalue weighted by Crippen LogP contribution is 1.89. The zero-order chi connectivity index (χ0) is 8.85. The van der Waals surface area contributed by atoms with Gasteiger partial charge in [-0.2, -0.15) is 4.21 Å². The summed E-state index contributed by atoms with van der Waals surface area (Å²) in [6.45, 7) is 6.27. The fourth-order valence-corrected chi connectivity index (χ4v) is 0.509. The van der Waals surface area contributed by atoms with Gasteiger partial charge in [-0.25, -0.2) is 0 Å². The lowest BCUT2D eigenvalue weighted by Crippen LogP contribution is -2.21. The van der Waals surface area contributed by atoms with Crippen LogP contribution < -0.4 is 5.32 Å². The summed E-state index contributed by atoms with van der Waals surface area (Å²) in [5.41, 5.74) is 0. The van der Waals surface area contributed by atoms with Crippen molar-refractivity contribution in [3.8, 4) is 0 Å². The minimum Gasteiger partial charge on any atom is -0.362 e. The van der Waals surface area contributed by atoms with Crippen LogP contribution in [0.3, 0.4) is 0 Å². The molecule has 0 fully saturated rings. The molecule has 1 unspecified atom stereocenters. The molecule has 5 nitrogen and oxygen atoms in total. The summed E-state index contributed by atoms with van der Waals surface area (Å²) in [7, 11) is 0. The number of carbonyl (C=O) groups is 1. The predicted octanol–water partition coefficient (Wildman–Crippen LogP) is -0.0869. The van der Waals surface area contributed by atoms with Gasteiger partial charge in [-0.3, -0.25) is 14.7 Å². The number of rotatable bonds is 4. The topological polar surface area (TPSA) is 75.6 Å². The second kappa shape index (κ2) is 4.64. The molecule has 0 aliphatic carbocycles. The Hall–Kier alpha value is -1.14. The van der Waals surface area contributed by atoms with Crippen molar-refractivity contribution in [2.75, 3.05) is 0 Å². The summed E-state index contributed by atoms with van der Waals surface area (Å²) in [4.78, 5) is 10.5. The van der Waals surface area contributed by atoms with Gasteiger partial charge in [0.25, 0.3) is 0 Å². The maximum Gasteiger partial charge on any atom is 0.358 e. The van der Waals surface area contributed by atoms with Crippen LogP contribution in [0.1, 0.15) is 0 Å². The van der Waals surface area contributed by atoms with Crippen LogP contribution in [0, 0.1) is 0 Å². The summed E-state index contributed by atoms with van der Waals surface area (Å²) >= 11 is -2.46. The minimum atomic E-state index is -2.46. The fourth-order valence-electron chi connectivity index (χ4n) is 0.295. The number of hydrogen-bond donors (Lipinski definition) is 2. The van der Waals surface area contributed by atoms with Crippen molar-refractivity contribution >= 4 is 17.3 Å². The lowest BCUT2D eigenvalue weighted by Gasteiger charge is -2.02. The maximum absolute atomic E-state index is 10.5. The van der Waals surface area contributed by atoms with E-state index in [9.17, 15) is 9.00 Å². The van der Waals surface area contributed by atoms with E-state index in [1.807, 2.05) is 5.32 Å². The largest absolute Gasteiger partial charge is 0.362 e. The molecule has 0 saturated carbocycles. The quantitative estimate of drug-likeness (QED) is 0.357. The van der Waals surface area contributed by atoms with E-state index in [1.165, 1.54) is 0 Å². The second-order valence-electron chi connectivity index (χ2n) is 1.42. The summed E-state index contributed by atoms with van der Waals surface area (Å²) in [5, 5.41) is 2.03. The molecular formula is C5H7NO4S. The van der Waals surface area contributed by atoms with Crippen molar-refractivity contribution in [1.29, 1.82) is 0 Å². The molecule has 0 saturated heterocycles. The van der Waals surface area contributed by atoms with Gasteiger partial charge in [0.1, 0.15) is 0 Å². The SMILES string of the molecule is C=CC(=O)NC(=C)OS(=O)O. The summed E-state index contributed by atoms with van der Waals surface area (Å²) in [6, 6.07) is 0. The Bertz CT molecular complexity index is 213. The lowest BCUT2D eigenvalue weighted by molar-refractivity contribution is -0.116. The van der Waals surface area contributed by atoms with Crippen molar-refractivity contribution < 1.29 is 17.7 Å². The van der Waals surface area contributed by atoms with Crippen LogP contribution in [0.2, 0.25) is 0 Å². The zero-order valence-electron chi connectivity index (χ0n) is 5.57. The molecule has 0 radical (unpaired) electrons. The summed E-state index contributed by atoms with van der Waals surface area (Å²) in [6.07, 6.45) is 0.981. The molecule has 1 atom stereocenters. The van der Waals surface area contributed by atoms with Crippen LogP contribution in [0.15, 0.2) is 25.1 Å². The van der Waals surface area contributed by atoms with Crippen LogP contribution in [0.5, 0.6) is 0 Å². The third-order valence-electron chi connectivity index (χ3n) is 0.620. The van der Waals surface area contributed by atoms with E-state index >= 15 is 0 Å². The molecule has 6 heteroatoms. The maximum atomic E-state index is 10.5. The van der Waals surface area contributed by atoms with Gasteiger partial charge in [0.2, 0.25) is 11.8 Å². The van der Waals surface area contributed by atoms with E-state index in [1.54, 1.807) is 0 Å². The standard InChI is InChI=1S/C5H7NO4S/c1-3-5(7)6-4(2)10-11(8)9/h3H,1-2H2,(H,6,7)(H,8,9). The number of carbonyl (C=O) groups excluding carboxylic acids is 1. The average molecular weight is 177 g/mol. The molecule has 0 aliphatic heterocycles. The molecule has 0 aromatic rings. The number of hydrogen-bond acceptors (Lipinski definition) is 3. The first-order valence-electron chi connectivity index (χ1n) is 2.47. The molecular weight excluding hydrogens is 170 g/mol. The van der Waals surface area contributed by atoms with Gasteiger partial charge in [0, 0.05) is 0 Å². The Morgan fingerprint density at radius 1 is 1.73 bits per heavy atom. The molecule has 0 rings (SSSR count). The second-order valence-corrected chi connectivity index (χ2v) is 2.02. The van der Waals surface area contributed by atoms with E-state index in [-0.39, 0.29) is 5.88 Å². The Morgan fingerprint density at radius 3 is 2.64 bits per heavy atom. The first kappa shape index (κ1) is 9.86. The predicted molar refractivity (Wildman–Crippen MR) is 39.3 cm³/mol. The third-order valence-corrected chi connectivity index (χ3v) is 0.964. The van der Waals surface area contributed by atoms with E-state index in [0.29, 0.717) is 0 Å². The van der Waals surface area contributed by atoms with Crippen molar-refractivity contribution in [1.82, 2.24) is 5.32 Å². The van der Waals surface area contributed by atoms with Crippen LogP contribution >= 0.6 is 0 Å². The molecule has 0 heterocycles. The van der Waals surface area contributed by atoms with Crippen LogP contribution in [0.25, 0.3) is 0 Å². The van der Waals surface area contributed by atoms with Crippen molar-refractivity contribution in [2.24, 2.45) is 0 Å². The lowest BCUT2D eigenvalue weighted by atomic mass is 10.6. The van der Waals surface area contributed by atoms with Gasteiger partial charge in [-0.15, -0.1) is 0 Å². The molecule has 62 valence electrons. The normalized spacial score (nSPS) is 11.4. The summed E-state index contributed by atoms with van der Waals surface area (Å²) < 4.78 is 22.1. The van der Waals surface area contributed by atoms with Crippen LogP contribution in [-0.2, 0) is 20.3 Å². The van der Waals surface area contributed by atoms with Gasteiger partial charge in [0.05, 0.1) is 0 Å². The van der Waals surface area contributed by atoms with Crippen molar-refractivity contribution in [3.63, 3.8) is 0 Å². The van der Waals surface area contributed by atoms with E-state index < -0.39 is 17.3 Å². The molecule has 0 aliphatic rings. The first-order chi connectivity index (χ1) is 5.06. The Morgan fingerprint density at radius 2 is 2.27 bits per heavy atom. The fraction of sp³-hybridized carbons (Fsp3) is 0. The van der Waals surface area contributed by atoms with Gasteiger partial charge >= 0.3 is 11.4 Å². The average Bonchev–Trinajstić information content (AvgIpc) is 1.85. The van der Waals surface area contributed by atoms with Crippen LogP contribution in [0.4, 0.5) is 0 Å². The minimum absolute atomic E-state index is 0.296. The number of nitrogens with one attached hydrogen (secondary N) is 1. The smallest absolute Gasteiger partial charge is 0.358 e. The van der Waals surface area contributed by atoms with E-state index in [2.05, 4.69) is 17.3 Å². The summed E-state index contributed by atoms with van der Waals surface area (Å²) in [5.74, 6) is -0.851. The third kappa shape index (κ3) is 5.31. The molecule has 11 heavy (non-hydrogen) atoms. The molecule has 0 spiro atoms. The highest BCUT2D eigenvalue weighted by Gasteiger charge is 2.01. The molecule has 0 aromatic carbocycles. The molecule has 1 amide bonds. The van der Waals surface area contributed by atoms with Crippen LogP contribution in [-0.4, -0.2) is 14.7 Å². The Labute approximate surface area is 66.2 Å². The highest BCUT2D eigenvalue weighted by atomic mass is 32.2. The molecule has 0 bridgehead atoms. The van der Waals surface area contributed by atoms with Crippen molar-refractivity contribution in [3.05, 3.63) is 25.1 Å². The van der Waals surface area contributed by atoms with Gasteiger partial charge < -0.3 is 4.18 Å². The Balaban J connectivity index is 3.78. The highest BCUT2D eigenvalue weighted by molar-refractivity contribution is 7.74. The van der Waals surface area contributed by atoms with Crippen molar-refractivity contribution in [2.45, 2.75) is 0 Å². The van der Waals surface area contributed by atoms with Gasteiger partial charge in [0.15, 0.2) is 0 Å². The molecule has 2 N–H and O–H groups in total. The Kier molecular flexibility index (Phi) is 4.16. The first-order valence-corrected chi connectivity index (χ1v) is 3.51. The monoisotopic (exact) mass is 177 g/mol. The zero-order valence-corrected chi connectivity index (χ0v) is 6.39. The van der Waals surface area contributed by atoms with E-state index in [0.717, 1.165) is 6.08 Å². The number of amides is 1. The van der Waals surface area contributed by atoms with Gasteiger partial charge in [-0.05, 0) is 12.7 Å². The molecule has 0 aromatic heterocycles. The van der Waals surface area contributed by atoms with Gasteiger partial charge in [-0.1, -0.05) is 6.58 Å².